The Balaban J connectivity index is 1.73. The van der Waals surface area contributed by atoms with Crippen LogP contribution in [0, 0.1) is 0 Å². The zero-order chi connectivity index (χ0) is 29.1. The molecule has 210 valence electrons. The fourth-order valence-corrected chi connectivity index (χ4v) is 3.54. The number of nitrogens with one attached hydrogen (secondary N) is 2. The third-order valence-corrected chi connectivity index (χ3v) is 5.46. The number of carbonyl (C=O) groups is 4. The van der Waals surface area contributed by atoms with Crippen molar-refractivity contribution in [2.24, 2.45) is 0 Å². The third kappa shape index (κ3) is 9.25. The molecule has 10 nitrogen and oxygen atoms in total. The lowest BCUT2D eigenvalue weighted by molar-refractivity contribution is -0.150. The number of aliphatic carboxylic acids is 1. The van der Waals surface area contributed by atoms with E-state index in [9.17, 15) is 19.2 Å². The van der Waals surface area contributed by atoms with E-state index >= 15 is 0 Å². The average Bonchev–Trinajstić information content (AvgIpc) is 2.94. The van der Waals surface area contributed by atoms with Crippen molar-refractivity contribution in [2.75, 3.05) is 6.61 Å². The average molecular weight is 549 g/mol. The van der Waals surface area contributed by atoms with Crippen LogP contribution < -0.4 is 15.5 Å². The van der Waals surface area contributed by atoms with Crippen LogP contribution in [0.25, 0.3) is 0 Å². The maximum atomic E-state index is 13.4. The first-order valence-electron chi connectivity index (χ1n) is 12.6. The van der Waals surface area contributed by atoms with E-state index in [2.05, 4.69) is 10.8 Å². The highest BCUT2D eigenvalue weighted by atomic mass is 16.7. The van der Waals surface area contributed by atoms with Gasteiger partial charge in [-0.2, -0.15) is 0 Å². The van der Waals surface area contributed by atoms with Gasteiger partial charge in [0.1, 0.15) is 11.8 Å². The highest BCUT2D eigenvalue weighted by molar-refractivity contribution is 6.39. The Morgan fingerprint density at radius 2 is 1.38 bits per heavy atom. The number of hydrogen-bond acceptors (Lipinski definition) is 7. The molecule has 0 saturated heterocycles. The second-order valence-corrected chi connectivity index (χ2v) is 9.78. The predicted octanol–water partition coefficient (Wildman–Crippen LogP) is 4.45. The molecule has 3 rings (SSSR count). The van der Waals surface area contributed by atoms with Gasteiger partial charge >= 0.3 is 18.0 Å². The van der Waals surface area contributed by atoms with E-state index in [0.717, 1.165) is 11.1 Å². The third-order valence-electron chi connectivity index (χ3n) is 5.46. The molecular formula is C30H32N2O8. The Kier molecular flexibility index (Phi) is 10.4. The van der Waals surface area contributed by atoms with Crippen LogP contribution in [0.5, 0.6) is 5.75 Å². The normalized spacial score (nSPS) is 11.8. The Bertz CT molecular complexity index is 1250. The quantitative estimate of drug-likeness (QED) is 0.131. The SMILES string of the molecule is CC(C)(C)ONC(=O)NC(CCOc1ccc(C(=O)C(=O)O)cc1)C(=O)OC(c1ccccc1)c1ccccc1. The lowest BCUT2D eigenvalue weighted by atomic mass is 10.0. The first-order chi connectivity index (χ1) is 19.0. The number of amides is 2. The fraction of sp³-hybridized carbons (Fsp3) is 0.267. The second-order valence-electron chi connectivity index (χ2n) is 9.78. The van der Waals surface area contributed by atoms with Gasteiger partial charge in [0.25, 0.3) is 5.78 Å². The summed E-state index contributed by atoms with van der Waals surface area (Å²) in [5.41, 5.74) is 3.15. The number of carbonyl (C=O) groups excluding carboxylic acids is 3. The van der Waals surface area contributed by atoms with Crippen LogP contribution in [0.15, 0.2) is 84.9 Å². The molecule has 0 aliphatic rings. The Labute approximate surface area is 232 Å². The van der Waals surface area contributed by atoms with E-state index in [4.69, 9.17) is 19.4 Å². The van der Waals surface area contributed by atoms with Gasteiger partial charge < -0.3 is 19.9 Å². The maximum absolute atomic E-state index is 13.4. The monoisotopic (exact) mass is 548 g/mol. The van der Waals surface area contributed by atoms with Gasteiger partial charge in [-0.05, 0) is 56.2 Å². The molecule has 40 heavy (non-hydrogen) atoms. The molecule has 1 atom stereocenters. The minimum Gasteiger partial charge on any atom is -0.494 e. The number of hydroxylamine groups is 1. The zero-order valence-corrected chi connectivity index (χ0v) is 22.5. The zero-order valence-electron chi connectivity index (χ0n) is 22.5. The summed E-state index contributed by atoms with van der Waals surface area (Å²) in [6.45, 7) is 5.26. The van der Waals surface area contributed by atoms with Gasteiger partial charge in [-0.15, -0.1) is 0 Å². The molecule has 0 bridgehead atoms. The Hall–Kier alpha value is -4.70. The van der Waals surface area contributed by atoms with Crippen molar-refractivity contribution < 1.29 is 38.6 Å². The highest BCUT2D eigenvalue weighted by Gasteiger charge is 2.28. The van der Waals surface area contributed by atoms with Crippen LogP contribution in [0.2, 0.25) is 0 Å². The number of rotatable bonds is 12. The van der Waals surface area contributed by atoms with Crippen LogP contribution in [0.1, 0.15) is 54.8 Å². The van der Waals surface area contributed by atoms with Crippen molar-refractivity contribution in [3.8, 4) is 5.75 Å². The minimum atomic E-state index is -1.56. The van der Waals surface area contributed by atoms with Gasteiger partial charge in [0.15, 0.2) is 6.10 Å². The summed E-state index contributed by atoms with van der Waals surface area (Å²) in [6.07, 6.45) is -0.679. The number of carboxylic acids is 1. The summed E-state index contributed by atoms with van der Waals surface area (Å²) >= 11 is 0. The first-order valence-corrected chi connectivity index (χ1v) is 12.6. The number of carboxylic acid groups (broad SMARTS) is 1. The van der Waals surface area contributed by atoms with E-state index in [1.54, 1.807) is 20.8 Å². The molecule has 3 aromatic carbocycles. The van der Waals surface area contributed by atoms with Crippen LogP contribution in [0.4, 0.5) is 4.79 Å². The molecule has 3 aromatic rings. The van der Waals surface area contributed by atoms with Crippen molar-refractivity contribution in [2.45, 2.75) is 44.9 Å². The van der Waals surface area contributed by atoms with Gasteiger partial charge in [-0.3, -0.25) is 9.63 Å². The first kappa shape index (κ1) is 29.9. The summed E-state index contributed by atoms with van der Waals surface area (Å²) in [5.74, 6) is -2.93. The van der Waals surface area contributed by atoms with E-state index in [0.29, 0.717) is 5.75 Å². The lowest BCUT2D eigenvalue weighted by Crippen LogP contribution is -2.49. The number of urea groups is 1. The predicted molar refractivity (Wildman–Crippen MR) is 146 cm³/mol. The summed E-state index contributed by atoms with van der Waals surface area (Å²) < 4.78 is 11.6. The van der Waals surface area contributed by atoms with Gasteiger partial charge in [0, 0.05) is 12.0 Å². The molecule has 0 aromatic heterocycles. The number of ether oxygens (including phenoxy) is 2. The molecule has 10 heteroatoms. The van der Waals surface area contributed by atoms with Crippen molar-refractivity contribution in [3.63, 3.8) is 0 Å². The number of hydrogen-bond donors (Lipinski definition) is 3. The van der Waals surface area contributed by atoms with Gasteiger partial charge in [-0.1, -0.05) is 60.7 Å². The Morgan fingerprint density at radius 1 is 0.825 bits per heavy atom. The van der Waals surface area contributed by atoms with Crippen LogP contribution in [-0.2, 0) is 19.2 Å². The van der Waals surface area contributed by atoms with E-state index in [1.165, 1.54) is 24.3 Å². The topological polar surface area (TPSA) is 140 Å². The van der Waals surface area contributed by atoms with E-state index in [1.807, 2.05) is 60.7 Å². The maximum Gasteiger partial charge on any atom is 0.377 e. The molecule has 0 saturated carbocycles. The number of Topliss-reactive ketones (excluding diaryl/α,β-unsaturated/α-hetero) is 1. The van der Waals surface area contributed by atoms with Crippen molar-refractivity contribution >= 4 is 23.8 Å². The summed E-state index contributed by atoms with van der Waals surface area (Å²) in [7, 11) is 0. The number of esters is 1. The molecule has 0 fully saturated rings. The van der Waals surface area contributed by atoms with Crippen molar-refractivity contribution in [3.05, 3.63) is 102 Å². The molecule has 2 amide bonds. The van der Waals surface area contributed by atoms with Crippen LogP contribution >= 0.6 is 0 Å². The van der Waals surface area contributed by atoms with Crippen molar-refractivity contribution in [1.82, 2.24) is 10.8 Å². The lowest BCUT2D eigenvalue weighted by Gasteiger charge is -2.24. The summed E-state index contributed by atoms with van der Waals surface area (Å²) in [5, 5.41) is 11.4. The molecule has 0 spiro atoms. The number of benzene rings is 3. The van der Waals surface area contributed by atoms with E-state index in [-0.39, 0.29) is 18.6 Å². The van der Waals surface area contributed by atoms with Crippen LogP contribution in [-0.4, -0.2) is 47.1 Å². The van der Waals surface area contributed by atoms with Gasteiger partial charge in [0.05, 0.1) is 12.2 Å². The summed E-state index contributed by atoms with van der Waals surface area (Å²) in [6, 6.07) is 22.2. The van der Waals surface area contributed by atoms with Crippen molar-refractivity contribution in [1.29, 1.82) is 0 Å². The number of ketones is 1. The fourth-order valence-electron chi connectivity index (χ4n) is 3.54. The molecule has 1 unspecified atom stereocenters. The molecule has 0 radical (unpaired) electrons. The molecule has 0 aliphatic heterocycles. The molecule has 0 aliphatic carbocycles. The van der Waals surface area contributed by atoms with Gasteiger partial charge in [0.2, 0.25) is 0 Å². The largest absolute Gasteiger partial charge is 0.494 e. The Morgan fingerprint density at radius 3 is 1.88 bits per heavy atom. The minimum absolute atomic E-state index is 0.00589. The smallest absolute Gasteiger partial charge is 0.377 e. The standard InChI is InChI=1S/C30H32N2O8/c1-30(2,3)40-32-29(37)31-24(18-19-38-23-16-14-20(15-17-23)25(33)27(34)35)28(36)39-26(21-10-6-4-7-11-21)22-12-8-5-9-13-22/h4-17,24,26H,18-19H2,1-3H3,(H,34,35)(H2,31,32,37). The highest BCUT2D eigenvalue weighted by Crippen LogP contribution is 2.26. The molecular weight excluding hydrogens is 516 g/mol. The summed E-state index contributed by atoms with van der Waals surface area (Å²) in [4.78, 5) is 53.7. The second kappa shape index (κ2) is 13.9. The van der Waals surface area contributed by atoms with Gasteiger partial charge in [-0.25, -0.2) is 19.9 Å². The van der Waals surface area contributed by atoms with Crippen LogP contribution in [0.3, 0.4) is 0 Å². The van der Waals surface area contributed by atoms with E-state index < -0.39 is 41.5 Å². The molecule has 3 N–H and O–H groups in total. The molecule has 0 heterocycles.